The first kappa shape index (κ1) is 13.8. The lowest BCUT2D eigenvalue weighted by atomic mass is 9.88. The van der Waals surface area contributed by atoms with Gasteiger partial charge in [-0.1, -0.05) is 6.92 Å². The number of imide groups is 1. The fourth-order valence-corrected chi connectivity index (χ4v) is 2.74. The quantitative estimate of drug-likeness (QED) is 0.581. The Kier molecular flexibility index (Phi) is 3.75. The molecular formula is C12H20N4O3. The van der Waals surface area contributed by atoms with Gasteiger partial charge in [0.15, 0.2) is 0 Å². The van der Waals surface area contributed by atoms with E-state index in [1.54, 1.807) is 4.90 Å². The van der Waals surface area contributed by atoms with Crippen molar-refractivity contribution in [2.45, 2.75) is 31.7 Å². The fraction of sp³-hybridized carbons (Fsp3) is 0.750. The highest BCUT2D eigenvalue weighted by Crippen LogP contribution is 2.25. The summed E-state index contributed by atoms with van der Waals surface area (Å²) in [4.78, 5) is 37.1. The zero-order valence-corrected chi connectivity index (χ0v) is 11.1. The number of likely N-dealkylation sites (tertiary alicyclic amines) is 1. The van der Waals surface area contributed by atoms with Crippen LogP contribution < -0.4 is 16.4 Å². The van der Waals surface area contributed by atoms with E-state index in [1.807, 2.05) is 6.92 Å². The van der Waals surface area contributed by atoms with E-state index in [9.17, 15) is 14.4 Å². The maximum atomic E-state index is 12.2. The molecule has 2 atom stereocenters. The second-order valence-electron chi connectivity index (χ2n) is 5.33. The minimum absolute atomic E-state index is 0.00141. The molecule has 4 amide bonds. The molecule has 2 heterocycles. The molecule has 19 heavy (non-hydrogen) atoms. The number of hydrogen-bond acceptors (Lipinski definition) is 4. The molecule has 2 unspecified atom stereocenters. The highest BCUT2D eigenvalue weighted by Gasteiger charge is 2.49. The summed E-state index contributed by atoms with van der Waals surface area (Å²) in [6, 6.07) is -0.477. The summed E-state index contributed by atoms with van der Waals surface area (Å²) in [5, 5.41) is 4.90. The molecular weight excluding hydrogens is 248 g/mol. The van der Waals surface area contributed by atoms with Crippen LogP contribution in [0.1, 0.15) is 26.2 Å². The predicted molar refractivity (Wildman–Crippen MR) is 68.1 cm³/mol. The molecule has 1 spiro atoms. The van der Waals surface area contributed by atoms with Gasteiger partial charge in [-0.2, -0.15) is 0 Å². The van der Waals surface area contributed by atoms with Crippen molar-refractivity contribution < 1.29 is 14.4 Å². The van der Waals surface area contributed by atoms with Crippen LogP contribution in [0.2, 0.25) is 0 Å². The van der Waals surface area contributed by atoms with Crippen LogP contribution in [-0.4, -0.2) is 47.9 Å². The van der Waals surface area contributed by atoms with Crippen LogP contribution >= 0.6 is 0 Å². The number of nitrogens with zero attached hydrogens (tertiary/aromatic N) is 1. The summed E-state index contributed by atoms with van der Waals surface area (Å²) >= 11 is 0. The number of piperidine rings is 1. The zero-order valence-electron chi connectivity index (χ0n) is 11.1. The number of nitrogens with two attached hydrogens (primary N) is 1. The standard InChI is InChI=1S/C12H20N4O3/c1-8(3-5-13)9(17)16-6-2-4-12(7-16)10(18)14-11(19)15-12/h8H,2-7,13H2,1H3,(H2,14,15,18,19). The Labute approximate surface area is 111 Å². The summed E-state index contributed by atoms with van der Waals surface area (Å²) in [5.41, 5.74) is 4.52. The van der Waals surface area contributed by atoms with Crippen molar-refractivity contribution in [3.63, 3.8) is 0 Å². The van der Waals surface area contributed by atoms with Crippen LogP contribution in [0.5, 0.6) is 0 Å². The van der Waals surface area contributed by atoms with Crippen LogP contribution in [0.25, 0.3) is 0 Å². The van der Waals surface area contributed by atoms with Gasteiger partial charge >= 0.3 is 6.03 Å². The maximum Gasteiger partial charge on any atom is 0.322 e. The molecule has 7 nitrogen and oxygen atoms in total. The first-order valence-electron chi connectivity index (χ1n) is 6.61. The second kappa shape index (κ2) is 5.16. The van der Waals surface area contributed by atoms with Crippen molar-refractivity contribution in [2.75, 3.05) is 19.6 Å². The molecule has 2 rings (SSSR count). The number of carbonyl (C=O) groups excluding carboxylic acids is 3. The van der Waals surface area contributed by atoms with Crippen LogP contribution in [0.3, 0.4) is 0 Å². The van der Waals surface area contributed by atoms with Gasteiger partial charge in [0.05, 0.1) is 6.54 Å². The van der Waals surface area contributed by atoms with E-state index in [-0.39, 0.29) is 24.3 Å². The first-order chi connectivity index (χ1) is 8.98. The van der Waals surface area contributed by atoms with E-state index in [0.717, 1.165) is 0 Å². The number of carbonyl (C=O) groups is 3. The molecule has 0 aromatic heterocycles. The SMILES string of the molecule is CC(CCN)C(=O)N1CCCC2(C1)NC(=O)NC2=O. The Morgan fingerprint density at radius 3 is 2.84 bits per heavy atom. The van der Waals surface area contributed by atoms with Gasteiger partial charge in [0.2, 0.25) is 5.91 Å². The third-order valence-corrected chi connectivity index (χ3v) is 3.84. The number of amides is 4. The predicted octanol–water partition coefficient (Wildman–Crippen LogP) is -0.828. The topological polar surface area (TPSA) is 105 Å². The zero-order chi connectivity index (χ0) is 14.0. The van der Waals surface area contributed by atoms with Crippen molar-refractivity contribution in [3.8, 4) is 0 Å². The molecule has 0 saturated carbocycles. The first-order valence-corrected chi connectivity index (χ1v) is 6.61. The minimum atomic E-state index is -0.937. The van der Waals surface area contributed by atoms with Gasteiger partial charge in [0.1, 0.15) is 5.54 Å². The lowest BCUT2D eigenvalue weighted by molar-refractivity contribution is -0.139. The Hall–Kier alpha value is -1.63. The third kappa shape index (κ3) is 2.56. The van der Waals surface area contributed by atoms with Crippen molar-refractivity contribution in [2.24, 2.45) is 11.7 Å². The number of urea groups is 1. The average molecular weight is 268 g/mol. The molecule has 2 fully saturated rings. The summed E-state index contributed by atoms with van der Waals surface area (Å²) < 4.78 is 0. The van der Waals surface area contributed by atoms with Gasteiger partial charge in [-0.05, 0) is 25.8 Å². The van der Waals surface area contributed by atoms with E-state index in [4.69, 9.17) is 5.73 Å². The Morgan fingerprint density at radius 2 is 2.26 bits per heavy atom. The maximum absolute atomic E-state index is 12.2. The lowest BCUT2D eigenvalue weighted by Crippen LogP contribution is -2.60. The van der Waals surface area contributed by atoms with Gasteiger partial charge in [0, 0.05) is 12.5 Å². The molecule has 2 saturated heterocycles. The van der Waals surface area contributed by atoms with Crippen molar-refractivity contribution in [1.82, 2.24) is 15.5 Å². The molecule has 0 bridgehead atoms. The van der Waals surface area contributed by atoms with E-state index in [1.165, 1.54) is 0 Å². The molecule has 2 aliphatic heterocycles. The highest BCUT2D eigenvalue weighted by molar-refractivity contribution is 6.07. The molecule has 106 valence electrons. The molecule has 4 N–H and O–H groups in total. The van der Waals surface area contributed by atoms with E-state index >= 15 is 0 Å². The van der Waals surface area contributed by atoms with Crippen molar-refractivity contribution in [3.05, 3.63) is 0 Å². The largest absolute Gasteiger partial charge is 0.340 e. The van der Waals surface area contributed by atoms with Crippen LogP contribution in [0.15, 0.2) is 0 Å². The average Bonchev–Trinajstić information content (AvgIpc) is 2.63. The Morgan fingerprint density at radius 1 is 1.53 bits per heavy atom. The third-order valence-electron chi connectivity index (χ3n) is 3.84. The van der Waals surface area contributed by atoms with E-state index < -0.39 is 11.6 Å². The van der Waals surface area contributed by atoms with Crippen LogP contribution in [-0.2, 0) is 9.59 Å². The molecule has 2 aliphatic rings. The number of rotatable bonds is 3. The molecule has 7 heteroatoms. The number of nitrogens with one attached hydrogen (secondary N) is 2. The molecule has 0 aliphatic carbocycles. The van der Waals surface area contributed by atoms with Crippen LogP contribution in [0, 0.1) is 5.92 Å². The van der Waals surface area contributed by atoms with E-state index in [0.29, 0.717) is 32.4 Å². The van der Waals surface area contributed by atoms with Crippen LogP contribution in [0.4, 0.5) is 4.79 Å². The van der Waals surface area contributed by atoms with E-state index in [2.05, 4.69) is 10.6 Å². The second-order valence-corrected chi connectivity index (χ2v) is 5.33. The normalized spacial score (nSPS) is 28.2. The molecule has 0 aromatic carbocycles. The van der Waals surface area contributed by atoms with Crippen molar-refractivity contribution in [1.29, 1.82) is 0 Å². The van der Waals surface area contributed by atoms with Gasteiger partial charge in [0.25, 0.3) is 5.91 Å². The summed E-state index contributed by atoms with van der Waals surface area (Å²) in [5.74, 6) is -0.486. The Balaban J connectivity index is 2.07. The van der Waals surface area contributed by atoms with Crippen molar-refractivity contribution >= 4 is 17.8 Å². The fourth-order valence-electron chi connectivity index (χ4n) is 2.74. The van der Waals surface area contributed by atoms with Gasteiger partial charge in [-0.15, -0.1) is 0 Å². The monoisotopic (exact) mass is 268 g/mol. The Bertz CT molecular complexity index is 412. The minimum Gasteiger partial charge on any atom is -0.340 e. The van der Waals surface area contributed by atoms with Gasteiger partial charge in [-0.25, -0.2) is 4.79 Å². The summed E-state index contributed by atoms with van der Waals surface area (Å²) in [6.45, 7) is 3.17. The molecule has 0 radical (unpaired) electrons. The van der Waals surface area contributed by atoms with Gasteiger partial charge < -0.3 is 16.0 Å². The number of hydrogen-bond donors (Lipinski definition) is 3. The molecule has 0 aromatic rings. The highest BCUT2D eigenvalue weighted by atomic mass is 16.2. The lowest BCUT2D eigenvalue weighted by Gasteiger charge is -2.39. The summed E-state index contributed by atoms with van der Waals surface area (Å²) in [6.07, 6.45) is 1.90. The smallest absolute Gasteiger partial charge is 0.322 e. The summed E-state index contributed by atoms with van der Waals surface area (Å²) in [7, 11) is 0. The van der Waals surface area contributed by atoms with Gasteiger partial charge in [-0.3, -0.25) is 14.9 Å².